The number of carboxylic acids is 1. The summed E-state index contributed by atoms with van der Waals surface area (Å²) in [6.45, 7) is 7.53. The van der Waals surface area contributed by atoms with Gasteiger partial charge in [-0.15, -0.1) is 11.8 Å². The van der Waals surface area contributed by atoms with Gasteiger partial charge in [-0.1, -0.05) is 26.7 Å². The maximum absolute atomic E-state index is 12.7. The first-order valence-corrected chi connectivity index (χ1v) is 8.49. The highest BCUT2D eigenvalue weighted by Gasteiger charge is 2.41. The molecule has 1 aliphatic heterocycles. The molecule has 20 heavy (non-hydrogen) atoms. The Hall–Kier alpha value is -0.910. The number of amides is 2. The number of hydrogen-bond donors (Lipinski definition) is 1. The van der Waals surface area contributed by atoms with Crippen LogP contribution in [0.1, 0.15) is 46.5 Å². The number of aliphatic carboxylic acids is 1. The summed E-state index contributed by atoms with van der Waals surface area (Å²) >= 11 is 1.53. The van der Waals surface area contributed by atoms with Gasteiger partial charge < -0.3 is 10.0 Å². The topological polar surface area (TPSA) is 60.9 Å². The van der Waals surface area contributed by atoms with E-state index in [1.54, 1.807) is 4.90 Å². The van der Waals surface area contributed by atoms with Crippen molar-refractivity contribution in [3.8, 4) is 0 Å². The quantitative estimate of drug-likeness (QED) is 0.785. The normalized spacial score (nSPS) is 22.1. The second-order valence-electron chi connectivity index (χ2n) is 5.17. The van der Waals surface area contributed by atoms with Crippen LogP contribution in [-0.2, 0) is 4.79 Å². The minimum Gasteiger partial charge on any atom is -0.480 e. The van der Waals surface area contributed by atoms with Crippen LogP contribution < -0.4 is 0 Å². The molecule has 0 aromatic rings. The Kier molecular flexibility index (Phi) is 7.19. The summed E-state index contributed by atoms with van der Waals surface area (Å²) in [6.07, 6.45) is 3.98. The molecule has 1 aliphatic rings. The van der Waals surface area contributed by atoms with Gasteiger partial charge in [0, 0.05) is 18.8 Å². The minimum atomic E-state index is -0.902. The maximum Gasteiger partial charge on any atom is 0.327 e. The predicted octanol–water partition coefficient (Wildman–Crippen LogP) is 2.86. The van der Waals surface area contributed by atoms with Crippen LogP contribution >= 0.6 is 11.8 Å². The summed E-state index contributed by atoms with van der Waals surface area (Å²) in [5.41, 5.74) is 0. The number of urea groups is 1. The van der Waals surface area contributed by atoms with Crippen molar-refractivity contribution in [1.82, 2.24) is 9.80 Å². The molecule has 0 aliphatic carbocycles. The van der Waals surface area contributed by atoms with E-state index in [2.05, 4.69) is 13.8 Å². The monoisotopic (exact) mass is 302 g/mol. The fourth-order valence-corrected chi connectivity index (χ4v) is 3.45. The summed E-state index contributed by atoms with van der Waals surface area (Å²) in [4.78, 5) is 27.3. The summed E-state index contributed by atoms with van der Waals surface area (Å²) in [5, 5.41) is 9.20. The average molecular weight is 302 g/mol. The van der Waals surface area contributed by atoms with E-state index in [0.29, 0.717) is 5.75 Å². The molecule has 116 valence electrons. The Morgan fingerprint density at radius 1 is 1.25 bits per heavy atom. The van der Waals surface area contributed by atoms with Crippen LogP contribution in [0.4, 0.5) is 4.79 Å². The van der Waals surface area contributed by atoms with Crippen molar-refractivity contribution in [1.29, 1.82) is 0 Å². The zero-order valence-electron chi connectivity index (χ0n) is 12.7. The van der Waals surface area contributed by atoms with E-state index in [-0.39, 0.29) is 11.4 Å². The van der Waals surface area contributed by atoms with Crippen molar-refractivity contribution in [3.63, 3.8) is 0 Å². The second kappa shape index (κ2) is 8.39. The fourth-order valence-electron chi connectivity index (χ4n) is 2.29. The van der Waals surface area contributed by atoms with Crippen molar-refractivity contribution >= 4 is 23.8 Å². The highest BCUT2D eigenvalue weighted by Crippen LogP contribution is 2.30. The largest absolute Gasteiger partial charge is 0.480 e. The smallest absolute Gasteiger partial charge is 0.327 e. The molecule has 0 aromatic heterocycles. The number of carbonyl (C=O) groups is 2. The number of carbonyl (C=O) groups excluding carboxylic acids is 1. The lowest BCUT2D eigenvalue weighted by Gasteiger charge is -2.32. The second-order valence-corrected chi connectivity index (χ2v) is 6.52. The minimum absolute atomic E-state index is 0.0608. The molecule has 0 saturated carbocycles. The third-order valence-electron chi connectivity index (χ3n) is 3.56. The predicted molar refractivity (Wildman–Crippen MR) is 82.0 cm³/mol. The van der Waals surface area contributed by atoms with E-state index in [1.807, 2.05) is 11.8 Å². The highest BCUT2D eigenvalue weighted by atomic mass is 32.2. The molecule has 1 heterocycles. The van der Waals surface area contributed by atoms with E-state index in [9.17, 15) is 14.7 Å². The summed E-state index contributed by atoms with van der Waals surface area (Å²) in [7, 11) is 0. The summed E-state index contributed by atoms with van der Waals surface area (Å²) in [6, 6.07) is -0.801. The number of carboxylic acid groups (broad SMARTS) is 1. The van der Waals surface area contributed by atoms with Gasteiger partial charge >= 0.3 is 12.0 Å². The molecule has 2 amide bonds. The first-order valence-electron chi connectivity index (χ1n) is 7.44. The molecule has 1 saturated heterocycles. The van der Waals surface area contributed by atoms with Crippen LogP contribution in [0.5, 0.6) is 0 Å². The molecule has 1 fully saturated rings. The van der Waals surface area contributed by atoms with Crippen LogP contribution in [0.25, 0.3) is 0 Å². The fraction of sp³-hybridized carbons (Fsp3) is 0.857. The number of rotatable bonds is 7. The van der Waals surface area contributed by atoms with Gasteiger partial charge in [-0.2, -0.15) is 0 Å². The Morgan fingerprint density at radius 2 is 1.80 bits per heavy atom. The van der Waals surface area contributed by atoms with Crippen LogP contribution in [0.3, 0.4) is 0 Å². The van der Waals surface area contributed by atoms with Crippen molar-refractivity contribution < 1.29 is 14.7 Å². The van der Waals surface area contributed by atoms with Crippen molar-refractivity contribution in [3.05, 3.63) is 0 Å². The first kappa shape index (κ1) is 17.1. The number of nitrogens with zero attached hydrogens (tertiary/aromatic N) is 2. The molecule has 5 nitrogen and oxygen atoms in total. The lowest BCUT2D eigenvalue weighted by atomic mass is 10.2. The highest BCUT2D eigenvalue weighted by molar-refractivity contribution is 8.00. The third kappa shape index (κ3) is 4.30. The van der Waals surface area contributed by atoms with Gasteiger partial charge in [-0.25, -0.2) is 9.59 Å². The van der Waals surface area contributed by atoms with Crippen LogP contribution in [0.15, 0.2) is 0 Å². The van der Waals surface area contributed by atoms with Gasteiger partial charge in [0.15, 0.2) is 0 Å². The molecule has 6 heteroatoms. The van der Waals surface area contributed by atoms with Gasteiger partial charge in [-0.3, -0.25) is 4.90 Å². The van der Waals surface area contributed by atoms with Crippen molar-refractivity contribution in [2.75, 3.05) is 18.8 Å². The summed E-state index contributed by atoms with van der Waals surface area (Å²) in [5.74, 6) is -0.418. The lowest BCUT2D eigenvalue weighted by Crippen LogP contribution is -2.51. The van der Waals surface area contributed by atoms with Gasteiger partial charge in [0.2, 0.25) is 0 Å². The van der Waals surface area contributed by atoms with E-state index in [0.717, 1.165) is 38.8 Å². The van der Waals surface area contributed by atoms with E-state index in [1.165, 1.54) is 11.8 Å². The average Bonchev–Trinajstić information content (AvgIpc) is 2.80. The Morgan fingerprint density at radius 3 is 2.25 bits per heavy atom. The van der Waals surface area contributed by atoms with Crippen LogP contribution in [0, 0.1) is 0 Å². The Labute approximate surface area is 125 Å². The van der Waals surface area contributed by atoms with Crippen molar-refractivity contribution in [2.24, 2.45) is 0 Å². The zero-order chi connectivity index (χ0) is 15.1. The molecule has 1 rings (SSSR count). The molecule has 0 radical (unpaired) electrons. The molecular weight excluding hydrogens is 276 g/mol. The standard InChI is InChI=1S/C14H26N2O3S/c1-4-6-8-15(9-7-5-2)14(19)16-11(3)20-10-12(16)13(17)18/h11-12H,4-10H2,1-3H3,(H,17,18). The molecule has 0 aromatic carbocycles. The van der Waals surface area contributed by atoms with Crippen LogP contribution in [-0.4, -0.2) is 57.2 Å². The molecule has 2 unspecified atom stereocenters. The first-order chi connectivity index (χ1) is 9.52. The molecule has 1 N–H and O–H groups in total. The van der Waals surface area contributed by atoms with Gasteiger partial charge in [0.1, 0.15) is 6.04 Å². The number of thioether (sulfide) groups is 1. The van der Waals surface area contributed by atoms with E-state index < -0.39 is 12.0 Å². The number of hydrogen-bond acceptors (Lipinski definition) is 3. The van der Waals surface area contributed by atoms with Gasteiger partial charge in [0.25, 0.3) is 0 Å². The maximum atomic E-state index is 12.7. The summed E-state index contributed by atoms with van der Waals surface area (Å²) < 4.78 is 0. The SMILES string of the molecule is CCCCN(CCCC)C(=O)N1C(C)SCC1C(=O)O. The Balaban J connectivity index is 2.77. The molecule has 0 bridgehead atoms. The van der Waals surface area contributed by atoms with Crippen molar-refractivity contribution in [2.45, 2.75) is 57.9 Å². The van der Waals surface area contributed by atoms with Gasteiger partial charge in [-0.05, 0) is 19.8 Å². The number of unbranched alkanes of at least 4 members (excludes halogenated alkanes) is 2. The van der Waals surface area contributed by atoms with E-state index in [4.69, 9.17) is 0 Å². The molecule has 2 atom stereocenters. The zero-order valence-corrected chi connectivity index (χ0v) is 13.5. The van der Waals surface area contributed by atoms with Crippen LogP contribution in [0.2, 0.25) is 0 Å². The Bertz CT molecular complexity index is 330. The lowest BCUT2D eigenvalue weighted by molar-refractivity contribution is -0.141. The third-order valence-corrected chi connectivity index (χ3v) is 4.78. The van der Waals surface area contributed by atoms with Gasteiger partial charge in [0.05, 0.1) is 5.37 Å². The van der Waals surface area contributed by atoms with E-state index >= 15 is 0 Å². The molecular formula is C14H26N2O3S. The molecule has 0 spiro atoms.